The van der Waals surface area contributed by atoms with Crippen molar-refractivity contribution in [3.8, 4) is 0 Å². The van der Waals surface area contributed by atoms with Gasteiger partial charge in [0.1, 0.15) is 0 Å². The number of halogens is 1. The summed E-state index contributed by atoms with van der Waals surface area (Å²) in [5.74, 6) is 1.92. The van der Waals surface area contributed by atoms with Crippen LogP contribution in [0, 0.1) is 11.8 Å². The second-order valence-corrected chi connectivity index (χ2v) is 4.36. The molecular weight excluding hydrogens is 194 g/mol. The molecule has 0 amide bonds. The van der Waals surface area contributed by atoms with Crippen LogP contribution in [0.25, 0.3) is 0 Å². The fraction of sp³-hybridized carbons (Fsp3) is 0.750. The summed E-state index contributed by atoms with van der Waals surface area (Å²) in [5, 5.41) is 0. The lowest BCUT2D eigenvalue weighted by molar-refractivity contribution is 0.695. The second kappa shape index (κ2) is 5.55. The van der Waals surface area contributed by atoms with Crippen molar-refractivity contribution in [1.82, 2.24) is 0 Å². The van der Waals surface area contributed by atoms with E-state index >= 15 is 0 Å². The number of hydrogen-bond donors (Lipinski definition) is 0. The molecule has 1 aliphatic carbocycles. The summed E-state index contributed by atoms with van der Waals surface area (Å²) in [6.45, 7) is 4.43. The lowest BCUT2D eigenvalue weighted by Gasteiger charge is -2.09. The predicted molar refractivity (Wildman–Crippen MR) is 64.3 cm³/mol. The van der Waals surface area contributed by atoms with Crippen LogP contribution in [-0.4, -0.2) is 18.6 Å². The monoisotopic (exact) mass is 213 g/mol. The highest BCUT2D eigenvalue weighted by molar-refractivity contribution is 6.23. The maximum Gasteiger partial charge on any atom is 0.0488 e. The van der Waals surface area contributed by atoms with Crippen molar-refractivity contribution in [1.29, 1.82) is 0 Å². The third kappa shape index (κ3) is 3.13. The summed E-state index contributed by atoms with van der Waals surface area (Å²) in [6, 6.07) is 0. The highest BCUT2D eigenvalue weighted by Gasteiger charge is 2.28. The van der Waals surface area contributed by atoms with Gasteiger partial charge in [-0.05, 0) is 24.3 Å². The Bertz CT molecular complexity index is 239. The summed E-state index contributed by atoms with van der Waals surface area (Å²) < 4.78 is 0. The van der Waals surface area contributed by atoms with Gasteiger partial charge in [-0.2, -0.15) is 0 Å². The maximum absolute atomic E-state index is 5.96. The van der Waals surface area contributed by atoms with Crippen molar-refractivity contribution in [2.45, 2.75) is 33.1 Å². The lowest BCUT2D eigenvalue weighted by Crippen LogP contribution is -2.08. The number of aliphatic imine (C=N–C) groups is 1. The smallest absolute Gasteiger partial charge is 0.0488 e. The summed E-state index contributed by atoms with van der Waals surface area (Å²) >= 11 is 5.96. The Morgan fingerprint density at radius 1 is 1.57 bits per heavy atom. The van der Waals surface area contributed by atoms with Gasteiger partial charge in [0.25, 0.3) is 0 Å². The molecule has 0 heterocycles. The molecule has 0 N–H and O–H groups in total. The molecule has 1 unspecified atom stereocenters. The zero-order chi connectivity index (χ0) is 10.6. The molecule has 80 valence electrons. The van der Waals surface area contributed by atoms with E-state index in [1.807, 2.05) is 7.05 Å². The normalized spacial score (nSPS) is 21.1. The Labute approximate surface area is 92.3 Å². The molecule has 0 aliphatic heterocycles. The Kier molecular flexibility index (Phi) is 4.67. The van der Waals surface area contributed by atoms with Gasteiger partial charge in [-0.15, -0.1) is 11.6 Å². The average Bonchev–Trinajstić information content (AvgIpc) is 3.01. The van der Waals surface area contributed by atoms with E-state index in [0.29, 0.717) is 17.7 Å². The van der Waals surface area contributed by atoms with E-state index in [4.69, 9.17) is 11.6 Å². The summed E-state index contributed by atoms with van der Waals surface area (Å²) in [5.41, 5.74) is 2.51. The highest BCUT2D eigenvalue weighted by Crippen LogP contribution is 2.34. The molecule has 1 rings (SSSR count). The summed E-state index contributed by atoms with van der Waals surface area (Å²) in [6.07, 6.45) is 6.04. The Morgan fingerprint density at radius 3 is 2.57 bits per heavy atom. The Morgan fingerprint density at radius 2 is 2.21 bits per heavy atom. The molecule has 0 aromatic carbocycles. The van der Waals surface area contributed by atoms with Gasteiger partial charge in [-0.1, -0.05) is 26.3 Å². The summed E-state index contributed by atoms with van der Waals surface area (Å²) in [4.78, 5) is 4.37. The molecule has 0 saturated heterocycles. The molecule has 0 aromatic rings. The first kappa shape index (κ1) is 11.8. The van der Waals surface area contributed by atoms with Crippen LogP contribution in [0.5, 0.6) is 0 Å². The third-order valence-electron chi connectivity index (χ3n) is 2.81. The fourth-order valence-electron chi connectivity index (χ4n) is 1.60. The van der Waals surface area contributed by atoms with Crippen molar-refractivity contribution in [2.24, 2.45) is 16.8 Å². The second-order valence-electron chi connectivity index (χ2n) is 4.09. The lowest BCUT2D eigenvalue weighted by atomic mass is 10.0. The van der Waals surface area contributed by atoms with Crippen molar-refractivity contribution >= 4 is 17.3 Å². The molecule has 0 radical (unpaired) electrons. The minimum atomic E-state index is 0.605. The molecule has 14 heavy (non-hydrogen) atoms. The van der Waals surface area contributed by atoms with Crippen LogP contribution in [0.1, 0.15) is 33.1 Å². The molecular formula is C12H20ClN. The first-order valence-corrected chi connectivity index (χ1v) is 6.00. The molecule has 1 aliphatic rings. The van der Waals surface area contributed by atoms with Crippen LogP contribution >= 0.6 is 11.6 Å². The van der Waals surface area contributed by atoms with Gasteiger partial charge >= 0.3 is 0 Å². The van der Waals surface area contributed by atoms with Crippen molar-refractivity contribution in [3.63, 3.8) is 0 Å². The van der Waals surface area contributed by atoms with Gasteiger partial charge in [0, 0.05) is 24.6 Å². The molecule has 1 fully saturated rings. The van der Waals surface area contributed by atoms with Gasteiger partial charge < -0.3 is 0 Å². The number of allylic oxidation sites excluding steroid dienone is 2. The molecule has 0 spiro atoms. The zero-order valence-electron chi connectivity index (χ0n) is 9.39. The van der Waals surface area contributed by atoms with E-state index in [2.05, 4.69) is 24.9 Å². The minimum absolute atomic E-state index is 0.605. The fourth-order valence-corrected chi connectivity index (χ4v) is 1.83. The first-order chi connectivity index (χ1) is 6.72. The van der Waals surface area contributed by atoms with Crippen molar-refractivity contribution in [2.75, 3.05) is 12.9 Å². The van der Waals surface area contributed by atoms with E-state index in [0.717, 1.165) is 0 Å². The number of rotatable bonds is 5. The topological polar surface area (TPSA) is 12.4 Å². The van der Waals surface area contributed by atoms with E-state index in [1.54, 1.807) is 0 Å². The van der Waals surface area contributed by atoms with E-state index in [9.17, 15) is 0 Å². The highest BCUT2D eigenvalue weighted by atomic mass is 35.5. The molecule has 1 nitrogen and oxygen atoms in total. The Balaban J connectivity index is 2.72. The van der Waals surface area contributed by atoms with Gasteiger partial charge in [0.15, 0.2) is 0 Å². The SMILES string of the molecule is CCC(C)/C=C(/CCl)C(=NC)C1CC1. The van der Waals surface area contributed by atoms with Crippen LogP contribution in [-0.2, 0) is 0 Å². The molecule has 1 atom stereocenters. The van der Waals surface area contributed by atoms with Crippen molar-refractivity contribution < 1.29 is 0 Å². The molecule has 0 aromatic heterocycles. The van der Waals surface area contributed by atoms with Crippen LogP contribution in [0.2, 0.25) is 0 Å². The van der Waals surface area contributed by atoms with Gasteiger partial charge in [0.05, 0.1) is 0 Å². The molecule has 2 heteroatoms. The number of nitrogens with zero attached hydrogens (tertiary/aromatic N) is 1. The average molecular weight is 214 g/mol. The maximum atomic E-state index is 5.96. The molecule has 0 bridgehead atoms. The standard InChI is InChI=1S/C12H20ClN/c1-4-9(2)7-11(8-13)12(14-3)10-5-6-10/h7,9-10H,4-6,8H2,1-3H3/b11-7-,14-12?. The van der Waals surface area contributed by atoms with Crippen LogP contribution < -0.4 is 0 Å². The van der Waals surface area contributed by atoms with Gasteiger partial charge in [-0.25, -0.2) is 0 Å². The van der Waals surface area contributed by atoms with Crippen LogP contribution in [0.15, 0.2) is 16.6 Å². The van der Waals surface area contributed by atoms with Gasteiger partial charge in [0.2, 0.25) is 0 Å². The first-order valence-electron chi connectivity index (χ1n) is 5.46. The van der Waals surface area contributed by atoms with Crippen molar-refractivity contribution in [3.05, 3.63) is 11.6 Å². The zero-order valence-corrected chi connectivity index (χ0v) is 10.1. The largest absolute Gasteiger partial charge is 0.292 e. The predicted octanol–water partition coefficient (Wildman–Crippen LogP) is 3.68. The van der Waals surface area contributed by atoms with Crippen LogP contribution in [0.4, 0.5) is 0 Å². The quantitative estimate of drug-likeness (QED) is 0.488. The minimum Gasteiger partial charge on any atom is -0.292 e. The number of hydrogen-bond acceptors (Lipinski definition) is 1. The van der Waals surface area contributed by atoms with Crippen LogP contribution in [0.3, 0.4) is 0 Å². The van der Waals surface area contributed by atoms with Gasteiger partial charge in [-0.3, -0.25) is 4.99 Å². The van der Waals surface area contributed by atoms with E-state index in [-0.39, 0.29) is 0 Å². The Hall–Kier alpha value is -0.300. The van der Waals surface area contributed by atoms with E-state index < -0.39 is 0 Å². The third-order valence-corrected chi connectivity index (χ3v) is 3.10. The molecule has 1 saturated carbocycles. The number of alkyl halides is 1. The summed E-state index contributed by atoms with van der Waals surface area (Å²) in [7, 11) is 1.88. The van der Waals surface area contributed by atoms with E-state index in [1.165, 1.54) is 30.5 Å².